The fraction of sp³-hybridized carbons (Fsp3) is 0.778. The monoisotopic (exact) mass is 404 g/mol. The minimum atomic E-state index is -0.740. The third kappa shape index (κ3) is 7.37. The van der Waals surface area contributed by atoms with Gasteiger partial charge in [-0.3, -0.25) is 0 Å². The summed E-state index contributed by atoms with van der Waals surface area (Å²) in [6.07, 6.45) is 22.0. The van der Waals surface area contributed by atoms with E-state index < -0.39 is 11.6 Å². The van der Waals surface area contributed by atoms with Gasteiger partial charge in [0.2, 0.25) is 0 Å². The number of hydrogen-bond acceptors (Lipinski definition) is 0. The van der Waals surface area contributed by atoms with E-state index in [0.29, 0.717) is 0 Å². The highest BCUT2D eigenvalue weighted by atomic mass is 19.2. The van der Waals surface area contributed by atoms with Crippen LogP contribution in [0.5, 0.6) is 0 Å². The van der Waals surface area contributed by atoms with E-state index >= 15 is 0 Å². The predicted molar refractivity (Wildman–Crippen MR) is 119 cm³/mol. The van der Waals surface area contributed by atoms with Gasteiger partial charge in [0.15, 0.2) is 11.6 Å². The molecule has 164 valence electrons. The summed E-state index contributed by atoms with van der Waals surface area (Å²) in [6, 6.07) is 4.34. The van der Waals surface area contributed by atoms with Gasteiger partial charge in [-0.25, -0.2) is 8.78 Å². The van der Waals surface area contributed by atoms with Crippen LogP contribution in [-0.4, -0.2) is 0 Å². The number of aryl methyl sites for hydroxylation is 1. The lowest BCUT2D eigenvalue weighted by atomic mass is 9.68. The topological polar surface area (TPSA) is 0 Å². The zero-order valence-electron chi connectivity index (χ0n) is 18.6. The number of halogens is 2. The highest BCUT2D eigenvalue weighted by Crippen LogP contribution is 2.43. The maximum absolute atomic E-state index is 13.3. The van der Waals surface area contributed by atoms with Crippen molar-refractivity contribution in [3.63, 3.8) is 0 Å². The second-order valence-electron chi connectivity index (χ2n) is 10.1. The van der Waals surface area contributed by atoms with Gasteiger partial charge < -0.3 is 0 Å². The Morgan fingerprint density at radius 3 is 1.76 bits per heavy atom. The van der Waals surface area contributed by atoms with Crippen molar-refractivity contribution >= 4 is 0 Å². The number of unbranched alkanes of at least 4 members (excludes halogenated alkanes) is 3. The molecular weight excluding hydrogens is 362 g/mol. The molecule has 2 aliphatic carbocycles. The van der Waals surface area contributed by atoms with Crippen LogP contribution in [0, 0.1) is 35.3 Å². The summed E-state index contributed by atoms with van der Waals surface area (Å²) in [5.41, 5.74) is 0.929. The van der Waals surface area contributed by atoms with Gasteiger partial charge in [-0.1, -0.05) is 77.2 Å². The lowest BCUT2D eigenvalue weighted by molar-refractivity contribution is 0.139. The van der Waals surface area contributed by atoms with Gasteiger partial charge in [0.1, 0.15) is 0 Å². The Morgan fingerprint density at radius 1 is 0.690 bits per heavy atom. The van der Waals surface area contributed by atoms with E-state index in [1.165, 1.54) is 102 Å². The molecule has 3 rings (SSSR count). The normalized spacial score (nSPS) is 27.8. The molecule has 0 spiro atoms. The molecule has 0 saturated heterocycles. The molecule has 0 heterocycles. The molecule has 29 heavy (non-hydrogen) atoms. The molecule has 2 fully saturated rings. The zero-order chi connectivity index (χ0) is 20.5. The van der Waals surface area contributed by atoms with E-state index in [4.69, 9.17) is 0 Å². The first kappa shape index (κ1) is 22.8. The Labute approximate surface area is 177 Å². The summed E-state index contributed by atoms with van der Waals surface area (Å²) in [5, 5.41) is 0. The first-order valence-corrected chi connectivity index (χ1v) is 12.6. The van der Waals surface area contributed by atoms with Crippen LogP contribution in [-0.2, 0) is 6.42 Å². The van der Waals surface area contributed by atoms with Crippen molar-refractivity contribution in [1.29, 1.82) is 0 Å². The molecule has 2 heteroatoms. The van der Waals surface area contributed by atoms with Crippen molar-refractivity contribution in [1.82, 2.24) is 0 Å². The third-order valence-electron chi connectivity index (χ3n) is 7.98. The molecular formula is C27H42F2. The standard InChI is InChI=1S/C27H42F2/c1-2-3-4-7-21-10-15-24(16-11-21)25-17-12-22(13-18-25)8-5-6-9-23-14-19-26(28)27(29)20-23/h14,19-22,24-25H,2-13,15-18H2,1H3. The Hall–Kier alpha value is -0.920. The van der Waals surface area contributed by atoms with E-state index in [-0.39, 0.29) is 0 Å². The van der Waals surface area contributed by atoms with Gasteiger partial charge in [0.25, 0.3) is 0 Å². The Bertz CT molecular complexity index is 580. The quantitative estimate of drug-likeness (QED) is 0.342. The van der Waals surface area contributed by atoms with Crippen LogP contribution in [0.2, 0.25) is 0 Å². The fourth-order valence-electron chi connectivity index (χ4n) is 6.04. The minimum absolute atomic E-state index is 0.712. The van der Waals surface area contributed by atoms with Crippen molar-refractivity contribution in [2.45, 2.75) is 110 Å². The zero-order valence-corrected chi connectivity index (χ0v) is 18.6. The van der Waals surface area contributed by atoms with Crippen LogP contribution in [0.3, 0.4) is 0 Å². The summed E-state index contributed by atoms with van der Waals surface area (Å²) in [4.78, 5) is 0. The smallest absolute Gasteiger partial charge is 0.159 e. The number of hydrogen-bond donors (Lipinski definition) is 0. The Kier molecular flexibility index (Phi) is 9.46. The Morgan fingerprint density at radius 2 is 1.24 bits per heavy atom. The van der Waals surface area contributed by atoms with E-state index in [9.17, 15) is 8.78 Å². The van der Waals surface area contributed by atoms with E-state index in [0.717, 1.165) is 42.1 Å². The first-order chi connectivity index (χ1) is 14.2. The maximum Gasteiger partial charge on any atom is 0.159 e. The minimum Gasteiger partial charge on any atom is -0.204 e. The van der Waals surface area contributed by atoms with E-state index in [1.807, 2.05) is 0 Å². The van der Waals surface area contributed by atoms with E-state index in [1.54, 1.807) is 6.07 Å². The molecule has 1 aromatic carbocycles. The third-order valence-corrected chi connectivity index (χ3v) is 7.98. The van der Waals surface area contributed by atoms with Crippen molar-refractivity contribution < 1.29 is 8.78 Å². The molecule has 2 saturated carbocycles. The molecule has 0 N–H and O–H groups in total. The molecule has 1 aromatic rings. The largest absolute Gasteiger partial charge is 0.204 e. The second kappa shape index (κ2) is 12.1. The van der Waals surface area contributed by atoms with Crippen molar-refractivity contribution in [3.05, 3.63) is 35.4 Å². The summed E-state index contributed by atoms with van der Waals surface area (Å²) in [5.74, 6) is 2.51. The molecule has 0 nitrogen and oxygen atoms in total. The SMILES string of the molecule is CCCCCC1CCC(C2CCC(CCCCc3ccc(F)c(F)c3)CC2)CC1. The summed E-state index contributed by atoms with van der Waals surface area (Å²) in [7, 11) is 0. The molecule has 0 unspecified atom stereocenters. The molecule has 0 aromatic heterocycles. The van der Waals surface area contributed by atoms with Crippen molar-refractivity contribution in [3.8, 4) is 0 Å². The molecule has 0 amide bonds. The van der Waals surface area contributed by atoms with Crippen LogP contribution in [0.1, 0.15) is 109 Å². The van der Waals surface area contributed by atoms with Gasteiger partial charge in [-0.15, -0.1) is 0 Å². The average Bonchev–Trinajstić information content (AvgIpc) is 2.75. The van der Waals surface area contributed by atoms with E-state index in [2.05, 4.69) is 6.92 Å². The molecule has 0 bridgehead atoms. The molecule has 0 aliphatic heterocycles. The van der Waals surface area contributed by atoms with Gasteiger partial charge in [0, 0.05) is 0 Å². The van der Waals surface area contributed by atoms with Gasteiger partial charge in [0.05, 0.1) is 0 Å². The van der Waals surface area contributed by atoms with Gasteiger partial charge in [-0.05, 0) is 79.9 Å². The average molecular weight is 405 g/mol. The lowest BCUT2D eigenvalue weighted by Crippen LogP contribution is -2.25. The van der Waals surface area contributed by atoms with Crippen LogP contribution < -0.4 is 0 Å². The van der Waals surface area contributed by atoms with Crippen LogP contribution in [0.15, 0.2) is 18.2 Å². The fourth-order valence-corrected chi connectivity index (χ4v) is 6.04. The maximum atomic E-state index is 13.3. The van der Waals surface area contributed by atoms with Crippen LogP contribution in [0.4, 0.5) is 8.78 Å². The number of rotatable bonds is 10. The predicted octanol–water partition coefficient (Wildman–Crippen LogP) is 8.87. The summed E-state index contributed by atoms with van der Waals surface area (Å²) >= 11 is 0. The molecule has 0 atom stereocenters. The lowest BCUT2D eigenvalue weighted by Gasteiger charge is -2.38. The van der Waals surface area contributed by atoms with Gasteiger partial charge in [-0.2, -0.15) is 0 Å². The Balaban J connectivity index is 1.26. The van der Waals surface area contributed by atoms with Crippen LogP contribution >= 0.6 is 0 Å². The number of benzene rings is 1. The van der Waals surface area contributed by atoms with Gasteiger partial charge >= 0.3 is 0 Å². The highest BCUT2D eigenvalue weighted by molar-refractivity contribution is 5.17. The summed E-state index contributed by atoms with van der Waals surface area (Å²) in [6.45, 7) is 2.31. The van der Waals surface area contributed by atoms with Crippen molar-refractivity contribution in [2.24, 2.45) is 23.7 Å². The summed E-state index contributed by atoms with van der Waals surface area (Å²) < 4.78 is 26.3. The molecule has 2 aliphatic rings. The molecule has 0 radical (unpaired) electrons. The highest BCUT2D eigenvalue weighted by Gasteiger charge is 2.30. The van der Waals surface area contributed by atoms with Crippen LogP contribution in [0.25, 0.3) is 0 Å². The second-order valence-corrected chi connectivity index (χ2v) is 10.1. The van der Waals surface area contributed by atoms with Crippen molar-refractivity contribution in [2.75, 3.05) is 0 Å². The first-order valence-electron chi connectivity index (χ1n) is 12.6.